The van der Waals surface area contributed by atoms with Crippen LogP contribution in [0.3, 0.4) is 0 Å². The number of hydrogen-bond acceptors (Lipinski definition) is 3. The lowest BCUT2D eigenvalue weighted by atomic mass is 9.88. The number of aromatic nitrogens is 1. The number of rotatable bonds is 2. The number of pyridine rings is 1. The normalized spacial score (nSPS) is 17.8. The van der Waals surface area contributed by atoms with Gasteiger partial charge in [-0.3, -0.25) is 0 Å². The van der Waals surface area contributed by atoms with Crippen LogP contribution in [0.2, 0.25) is 5.02 Å². The molecule has 1 heterocycles. The zero-order valence-corrected chi connectivity index (χ0v) is 11.3. The third-order valence-corrected chi connectivity index (χ3v) is 3.78. The van der Waals surface area contributed by atoms with Crippen molar-refractivity contribution in [3.8, 4) is 0 Å². The monoisotopic (exact) mass is 273 g/mol. The Bertz CT molecular complexity index is 598. The van der Waals surface area contributed by atoms with Gasteiger partial charge in [-0.05, 0) is 36.5 Å². The highest BCUT2D eigenvalue weighted by Crippen LogP contribution is 2.26. The molecule has 0 spiro atoms. The van der Waals surface area contributed by atoms with E-state index in [1.165, 1.54) is 11.1 Å². The van der Waals surface area contributed by atoms with E-state index in [1.807, 2.05) is 0 Å². The van der Waals surface area contributed by atoms with Gasteiger partial charge in [0.05, 0.1) is 10.7 Å². The molecule has 0 amide bonds. The Labute approximate surface area is 117 Å². The summed E-state index contributed by atoms with van der Waals surface area (Å²) in [6.45, 7) is 0. The summed E-state index contributed by atoms with van der Waals surface area (Å²) in [6, 6.07) is 10.7. The Balaban J connectivity index is 1.75. The van der Waals surface area contributed by atoms with Crippen LogP contribution in [0.5, 0.6) is 0 Å². The molecule has 0 bridgehead atoms. The van der Waals surface area contributed by atoms with Crippen LogP contribution in [0.15, 0.2) is 36.5 Å². The molecule has 1 unspecified atom stereocenters. The molecule has 19 heavy (non-hydrogen) atoms. The summed E-state index contributed by atoms with van der Waals surface area (Å²) in [7, 11) is 0. The maximum Gasteiger partial charge on any atom is 0.149 e. The van der Waals surface area contributed by atoms with E-state index in [4.69, 9.17) is 17.3 Å². The molecule has 98 valence electrons. The van der Waals surface area contributed by atoms with Crippen LogP contribution < -0.4 is 11.1 Å². The molecule has 4 heteroatoms. The van der Waals surface area contributed by atoms with Gasteiger partial charge in [-0.25, -0.2) is 4.98 Å². The standard InChI is InChI=1S/C15H16ClN3/c16-12-8-14(17)15(18-9-12)19-13-6-5-10-3-1-2-4-11(10)7-13/h1-4,8-9,13H,5-7,17H2,(H,18,19). The first-order valence-corrected chi connectivity index (χ1v) is 6.84. The van der Waals surface area contributed by atoms with Crippen molar-refractivity contribution in [2.75, 3.05) is 11.1 Å². The van der Waals surface area contributed by atoms with Crippen LogP contribution in [-0.2, 0) is 12.8 Å². The number of nitrogens with two attached hydrogens (primary N) is 1. The van der Waals surface area contributed by atoms with Gasteiger partial charge in [0.2, 0.25) is 0 Å². The Morgan fingerprint density at radius 1 is 1.26 bits per heavy atom. The highest BCUT2D eigenvalue weighted by Gasteiger charge is 2.18. The summed E-state index contributed by atoms with van der Waals surface area (Å²) in [5.74, 6) is 0.730. The molecule has 0 saturated heterocycles. The quantitative estimate of drug-likeness (QED) is 0.883. The smallest absolute Gasteiger partial charge is 0.149 e. The molecular formula is C15H16ClN3. The summed E-state index contributed by atoms with van der Waals surface area (Å²) in [5.41, 5.74) is 9.40. The third-order valence-electron chi connectivity index (χ3n) is 3.57. The number of anilines is 2. The van der Waals surface area contributed by atoms with Gasteiger partial charge in [0, 0.05) is 12.2 Å². The average molecular weight is 274 g/mol. The second kappa shape index (κ2) is 5.10. The topological polar surface area (TPSA) is 50.9 Å². The molecular weight excluding hydrogens is 258 g/mol. The number of halogens is 1. The van der Waals surface area contributed by atoms with Crippen LogP contribution in [0.25, 0.3) is 0 Å². The van der Waals surface area contributed by atoms with Crippen molar-refractivity contribution < 1.29 is 0 Å². The van der Waals surface area contributed by atoms with Crippen molar-refractivity contribution in [3.05, 3.63) is 52.7 Å². The Kier molecular flexibility index (Phi) is 3.30. The first-order valence-electron chi connectivity index (χ1n) is 6.47. The summed E-state index contributed by atoms with van der Waals surface area (Å²) >= 11 is 5.86. The van der Waals surface area contributed by atoms with Crippen LogP contribution in [0.1, 0.15) is 17.5 Å². The number of nitrogen functional groups attached to an aromatic ring is 1. The number of benzene rings is 1. The summed E-state index contributed by atoms with van der Waals surface area (Å²) in [6.07, 6.45) is 4.83. The molecule has 1 aromatic heterocycles. The molecule has 0 saturated carbocycles. The van der Waals surface area contributed by atoms with Gasteiger partial charge in [-0.2, -0.15) is 0 Å². The Hall–Kier alpha value is -1.74. The fraction of sp³-hybridized carbons (Fsp3) is 0.267. The highest BCUT2D eigenvalue weighted by molar-refractivity contribution is 6.30. The number of nitrogens with one attached hydrogen (secondary N) is 1. The first-order chi connectivity index (χ1) is 9.22. The molecule has 1 aromatic carbocycles. The maximum absolute atomic E-state index is 5.92. The zero-order valence-electron chi connectivity index (χ0n) is 10.6. The number of aryl methyl sites for hydroxylation is 1. The number of hydrogen-bond donors (Lipinski definition) is 2. The van der Waals surface area contributed by atoms with Crippen LogP contribution >= 0.6 is 11.6 Å². The molecule has 1 atom stereocenters. The van der Waals surface area contributed by atoms with E-state index in [0.717, 1.165) is 25.1 Å². The number of nitrogens with zero attached hydrogens (tertiary/aromatic N) is 1. The molecule has 0 fully saturated rings. The lowest BCUT2D eigenvalue weighted by Gasteiger charge is -2.26. The van der Waals surface area contributed by atoms with Crippen LogP contribution in [-0.4, -0.2) is 11.0 Å². The van der Waals surface area contributed by atoms with Gasteiger partial charge >= 0.3 is 0 Å². The largest absolute Gasteiger partial charge is 0.396 e. The predicted molar refractivity (Wildman–Crippen MR) is 79.5 cm³/mol. The SMILES string of the molecule is Nc1cc(Cl)cnc1NC1CCc2ccccc2C1. The van der Waals surface area contributed by atoms with Gasteiger partial charge in [0.15, 0.2) is 0 Å². The van der Waals surface area contributed by atoms with E-state index >= 15 is 0 Å². The molecule has 3 rings (SSSR count). The fourth-order valence-corrected chi connectivity index (χ4v) is 2.76. The predicted octanol–water partition coefficient (Wildman–Crippen LogP) is 3.29. The highest BCUT2D eigenvalue weighted by atomic mass is 35.5. The molecule has 0 aliphatic heterocycles. The lowest BCUT2D eigenvalue weighted by Crippen LogP contribution is -2.28. The Morgan fingerprint density at radius 2 is 2.05 bits per heavy atom. The lowest BCUT2D eigenvalue weighted by molar-refractivity contribution is 0.609. The molecule has 0 radical (unpaired) electrons. The second-order valence-electron chi connectivity index (χ2n) is 4.94. The maximum atomic E-state index is 5.92. The van der Waals surface area contributed by atoms with Gasteiger partial charge in [-0.15, -0.1) is 0 Å². The van der Waals surface area contributed by atoms with Crippen molar-refractivity contribution in [1.82, 2.24) is 4.98 Å². The van der Waals surface area contributed by atoms with E-state index in [9.17, 15) is 0 Å². The van der Waals surface area contributed by atoms with Crippen LogP contribution in [0, 0.1) is 0 Å². The second-order valence-corrected chi connectivity index (χ2v) is 5.38. The number of fused-ring (bicyclic) bond motifs is 1. The zero-order chi connectivity index (χ0) is 13.2. The summed E-state index contributed by atoms with van der Waals surface area (Å²) in [4.78, 5) is 4.26. The van der Waals surface area contributed by atoms with E-state index < -0.39 is 0 Å². The minimum Gasteiger partial charge on any atom is -0.396 e. The van der Waals surface area contributed by atoms with E-state index in [-0.39, 0.29) is 0 Å². The minimum absolute atomic E-state index is 0.380. The van der Waals surface area contributed by atoms with Gasteiger partial charge < -0.3 is 11.1 Å². The molecule has 1 aliphatic rings. The van der Waals surface area contributed by atoms with Gasteiger partial charge in [0.1, 0.15) is 5.82 Å². The van der Waals surface area contributed by atoms with E-state index in [0.29, 0.717) is 16.8 Å². The van der Waals surface area contributed by atoms with Gasteiger partial charge in [-0.1, -0.05) is 35.9 Å². The van der Waals surface area contributed by atoms with E-state index in [1.54, 1.807) is 12.3 Å². The molecule has 3 N–H and O–H groups in total. The summed E-state index contributed by atoms with van der Waals surface area (Å²) < 4.78 is 0. The third kappa shape index (κ3) is 2.66. The van der Waals surface area contributed by atoms with Crippen LogP contribution in [0.4, 0.5) is 11.5 Å². The van der Waals surface area contributed by atoms with Crippen molar-refractivity contribution in [2.24, 2.45) is 0 Å². The van der Waals surface area contributed by atoms with Crippen molar-refractivity contribution in [2.45, 2.75) is 25.3 Å². The van der Waals surface area contributed by atoms with E-state index in [2.05, 4.69) is 34.6 Å². The molecule has 1 aliphatic carbocycles. The van der Waals surface area contributed by atoms with Crippen molar-refractivity contribution in [3.63, 3.8) is 0 Å². The fourth-order valence-electron chi connectivity index (χ4n) is 2.59. The molecule has 2 aromatic rings. The Morgan fingerprint density at radius 3 is 2.84 bits per heavy atom. The minimum atomic E-state index is 0.380. The summed E-state index contributed by atoms with van der Waals surface area (Å²) in [5, 5.41) is 3.99. The van der Waals surface area contributed by atoms with Crippen molar-refractivity contribution >= 4 is 23.1 Å². The molecule has 3 nitrogen and oxygen atoms in total. The average Bonchev–Trinajstić information content (AvgIpc) is 2.42. The van der Waals surface area contributed by atoms with Gasteiger partial charge in [0.25, 0.3) is 0 Å². The first kappa shape index (κ1) is 12.3. The van der Waals surface area contributed by atoms with Crippen molar-refractivity contribution in [1.29, 1.82) is 0 Å².